The number of hydrogen-bond acceptors (Lipinski definition) is 4. The quantitative estimate of drug-likeness (QED) is 0.554. The molecule has 0 saturated heterocycles. The van der Waals surface area contributed by atoms with Crippen molar-refractivity contribution in [2.45, 2.75) is 12.6 Å². The molecular formula is C22H18F3N5O2. The molecule has 1 aliphatic rings. The second kappa shape index (κ2) is 8.22. The van der Waals surface area contributed by atoms with Crippen LogP contribution in [0.5, 0.6) is 0 Å². The van der Waals surface area contributed by atoms with Gasteiger partial charge in [0.2, 0.25) is 0 Å². The normalized spacial score (nSPS) is 12.9. The van der Waals surface area contributed by atoms with Crippen molar-refractivity contribution in [3.63, 3.8) is 0 Å². The number of alkyl halides is 3. The number of nitrogens with one attached hydrogen (secondary N) is 2. The Morgan fingerprint density at radius 3 is 2.59 bits per heavy atom. The second-order valence-corrected chi connectivity index (χ2v) is 7.14. The summed E-state index contributed by atoms with van der Waals surface area (Å²) in [5, 5.41) is 5.54. The molecule has 3 amide bonds. The van der Waals surface area contributed by atoms with Crippen LogP contribution in [0.25, 0.3) is 0 Å². The molecule has 1 aromatic heterocycles. The van der Waals surface area contributed by atoms with E-state index in [2.05, 4.69) is 15.6 Å². The van der Waals surface area contributed by atoms with Crippen LogP contribution in [0.4, 0.5) is 40.8 Å². The summed E-state index contributed by atoms with van der Waals surface area (Å²) < 4.78 is 39.0. The number of aromatic nitrogens is 1. The van der Waals surface area contributed by atoms with E-state index in [1.807, 2.05) is 0 Å². The van der Waals surface area contributed by atoms with E-state index >= 15 is 0 Å². The van der Waals surface area contributed by atoms with Crippen LogP contribution in [-0.2, 0) is 12.6 Å². The van der Waals surface area contributed by atoms with Crippen molar-refractivity contribution in [1.82, 2.24) is 4.98 Å². The van der Waals surface area contributed by atoms with Crippen LogP contribution in [0.15, 0.2) is 60.8 Å². The van der Waals surface area contributed by atoms with Crippen molar-refractivity contribution >= 4 is 34.8 Å². The molecule has 32 heavy (non-hydrogen) atoms. The number of anilines is 4. The van der Waals surface area contributed by atoms with Crippen LogP contribution >= 0.6 is 0 Å². The highest BCUT2D eigenvalue weighted by molar-refractivity contribution is 6.08. The number of amides is 3. The molecule has 4 rings (SSSR count). The van der Waals surface area contributed by atoms with Gasteiger partial charge in [-0.15, -0.1) is 0 Å². The van der Waals surface area contributed by atoms with Crippen LogP contribution in [0.2, 0.25) is 0 Å². The Balaban J connectivity index is 1.55. The summed E-state index contributed by atoms with van der Waals surface area (Å²) in [5.41, 5.74) is 6.93. The summed E-state index contributed by atoms with van der Waals surface area (Å²) >= 11 is 0. The minimum absolute atomic E-state index is 0.116. The number of fused-ring (bicyclic) bond motifs is 1. The Morgan fingerprint density at radius 2 is 1.84 bits per heavy atom. The number of carbonyl (C=O) groups is 2. The van der Waals surface area contributed by atoms with E-state index in [0.717, 1.165) is 17.7 Å². The first kappa shape index (κ1) is 21.2. The summed E-state index contributed by atoms with van der Waals surface area (Å²) in [6, 6.07) is 12.3. The number of urea groups is 1. The van der Waals surface area contributed by atoms with Gasteiger partial charge in [-0.2, -0.15) is 13.2 Å². The predicted octanol–water partition coefficient (Wildman–Crippen LogP) is 4.54. The van der Waals surface area contributed by atoms with Gasteiger partial charge in [0.05, 0.1) is 11.1 Å². The van der Waals surface area contributed by atoms with Gasteiger partial charge in [-0.05, 0) is 60.5 Å². The average Bonchev–Trinajstić information content (AvgIpc) is 3.17. The number of nitrogens with zero attached hydrogens (tertiary/aromatic N) is 2. The van der Waals surface area contributed by atoms with Gasteiger partial charge in [0, 0.05) is 29.8 Å². The van der Waals surface area contributed by atoms with Gasteiger partial charge in [-0.3, -0.25) is 9.69 Å². The van der Waals surface area contributed by atoms with E-state index in [1.165, 1.54) is 29.3 Å². The third kappa shape index (κ3) is 4.34. The molecule has 1 aliphatic heterocycles. The minimum Gasteiger partial charge on any atom is -0.351 e. The first-order valence-electron chi connectivity index (χ1n) is 9.63. The average molecular weight is 441 g/mol. The van der Waals surface area contributed by atoms with Gasteiger partial charge in [-0.1, -0.05) is 6.07 Å². The number of benzene rings is 2. The van der Waals surface area contributed by atoms with E-state index in [9.17, 15) is 22.8 Å². The largest absolute Gasteiger partial charge is 0.416 e. The zero-order valence-corrected chi connectivity index (χ0v) is 16.6. The van der Waals surface area contributed by atoms with Crippen LogP contribution in [0.1, 0.15) is 21.5 Å². The Kier molecular flexibility index (Phi) is 5.43. The Labute approximate surface area is 181 Å². The Morgan fingerprint density at radius 1 is 1.03 bits per heavy atom. The summed E-state index contributed by atoms with van der Waals surface area (Å²) in [6.07, 6.45) is -2.45. The first-order chi connectivity index (χ1) is 15.2. The number of primary amides is 1. The molecule has 0 spiro atoms. The molecule has 0 fully saturated rings. The fourth-order valence-electron chi connectivity index (χ4n) is 3.51. The van der Waals surface area contributed by atoms with Gasteiger partial charge < -0.3 is 16.4 Å². The molecule has 0 atom stereocenters. The lowest BCUT2D eigenvalue weighted by atomic mass is 10.1. The molecule has 2 heterocycles. The second-order valence-electron chi connectivity index (χ2n) is 7.14. The lowest BCUT2D eigenvalue weighted by Gasteiger charge is -2.15. The van der Waals surface area contributed by atoms with Crippen molar-refractivity contribution in [3.8, 4) is 0 Å². The van der Waals surface area contributed by atoms with Gasteiger partial charge in [0.25, 0.3) is 5.91 Å². The smallest absolute Gasteiger partial charge is 0.351 e. The van der Waals surface area contributed by atoms with Gasteiger partial charge >= 0.3 is 12.2 Å². The van der Waals surface area contributed by atoms with E-state index in [1.54, 1.807) is 24.3 Å². The third-order valence-electron chi connectivity index (χ3n) is 5.00. The van der Waals surface area contributed by atoms with E-state index in [-0.39, 0.29) is 17.1 Å². The highest BCUT2D eigenvalue weighted by Crippen LogP contribution is 2.32. The van der Waals surface area contributed by atoms with Gasteiger partial charge in [0.1, 0.15) is 5.82 Å². The van der Waals surface area contributed by atoms with Crippen LogP contribution < -0.4 is 21.3 Å². The molecule has 164 valence electrons. The Hall–Kier alpha value is -4.08. The number of halogens is 3. The van der Waals surface area contributed by atoms with Crippen LogP contribution in [0.3, 0.4) is 0 Å². The predicted molar refractivity (Wildman–Crippen MR) is 114 cm³/mol. The lowest BCUT2D eigenvalue weighted by Crippen LogP contribution is -2.33. The molecular weight excluding hydrogens is 423 g/mol. The third-order valence-corrected chi connectivity index (χ3v) is 5.00. The SMILES string of the molecule is NC(=O)N1CCc2cc(NC(=O)c3cccnc3Nc3cccc(C(F)(F)F)c3)ccc21. The van der Waals surface area contributed by atoms with E-state index < -0.39 is 23.7 Å². The zero-order valence-electron chi connectivity index (χ0n) is 16.6. The summed E-state index contributed by atoms with van der Waals surface area (Å²) in [7, 11) is 0. The van der Waals surface area contributed by atoms with Gasteiger partial charge in [0.15, 0.2) is 0 Å². The lowest BCUT2D eigenvalue weighted by molar-refractivity contribution is -0.137. The maximum atomic E-state index is 13.0. The fraction of sp³-hybridized carbons (Fsp3) is 0.136. The van der Waals surface area contributed by atoms with Crippen molar-refractivity contribution < 1.29 is 22.8 Å². The fourth-order valence-corrected chi connectivity index (χ4v) is 3.51. The van der Waals surface area contributed by atoms with E-state index in [0.29, 0.717) is 24.3 Å². The van der Waals surface area contributed by atoms with Crippen LogP contribution in [0, 0.1) is 0 Å². The molecule has 10 heteroatoms. The van der Waals surface area contributed by atoms with Crippen LogP contribution in [-0.4, -0.2) is 23.5 Å². The first-order valence-corrected chi connectivity index (χ1v) is 9.63. The molecule has 0 saturated carbocycles. The Bertz CT molecular complexity index is 1200. The van der Waals surface area contributed by atoms with E-state index in [4.69, 9.17) is 5.73 Å². The van der Waals surface area contributed by atoms with Gasteiger partial charge in [-0.25, -0.2) is 9.78 Å². The number of nitrogens with two attached hydrogens (primary N) is 1. The number of carbonyl (C=O) groups excluding carboxylic acids is 2. The van der Waals surface area contributed by atoms with Crippen molar-refractivity contribution in [2.75, 3.05) is 22.1 Å². The summed E-state index contributed by atoms with van der Waals surface area (Å²) in [6.45, 7) is 0.468. The molecule has 2 aromatic carbocycles. The molecule has 0 unspecified atom stereocenters. The topological polar surface area (TPSA) is 100 Å². The summed E-state index contributed by atoms with van der Waals surface area (Å²) in [5.74, 6) is -0.373. The number of rotatable bonds is 4. The molecule has 0 radical (unpaired) electrons. The minimum atomic E-state index is -4.49. The summed E-state index contributed by atoms with van der Waals surface area (Å²) in [4.78, 5) is 29.9. The highest BCUT2D eigenvalue weighted by atomic mass is 19.4. The standard InChI is InChI=1S/C22H18F3N5O2/c23-22(24,25)14-3-1-4-15(12-14)28-19-17(5-2-9-27-19)20(31)29-16-6-7-18-13(11-16)8-10-30(18)21(26)32/h1-7,9,11-12H,8,10H2,(H2,26,32)(H,27,28)(H,29,31). The van der Waals surface area contributed by atoms with Crippen molar-refractivity contribution in [1.29, 1.82) is 0 Å². The maximum Gasteiger partial charge on any atom is 0.416 e. The van der Waals surface area contributed by atoms with Crippen molar-refractivity contribution in [3.05, 3.63) is 77.5 Å². The van der Waals surface area contributed by atoms with Crippen molar-refractivity contribution in [2.24, 2.45) is 5.73 Å². The zero-order chi connectivity index (χ0) is 22.9. The monoisotopic (exact) mass is 441 g/mol. The molecule has 0 aliphatic carbocycles. The molecule has 0 bridgehead atoms. The molecule has 7 nitrogen and oxygen atoms in total. The maximum absolute atomic E-state index is 13.0. The number of hydrogen-bond donors (Lipinski definition) is 3. The highest BCUT2D eigenvalue weighted by Gasteiger charge is 2.30. The number of pyridine rings is 1. The molecule has 3 aromatic rings. The molecule has 4 N–H and O–H groups in total.